The maximum absolute atomic E-state index is 5.30. The predicted octanol–water partition coefficient (Wildman–Crippen LogP) is 3.87. The molecule has 2 rings (SSSR count). The molecule has 2 heterocycles. The number of pyridine rings is 1. The molecular formula is C13H15BrN2O. The van der Waals surface area contributed by atoms with Crippen LogP contribution in [0.1, 0.15) is 19.1 Å². The first-order chi connectivity index (χ1) is 8.24. The Morgan fingerprint density at radius 1 is 1.41 bits per heavy atom. The van der Waals surface area contributed by atoms with Gasteiger partial charge in [-0.2, -0.15) is 0 Å². The van der Waals surface area contributed by atoms with Crippen LogP contribution < -0.4 is 5.32 Å². The fourth-order valence-electron chi connectivity index (χ4n) is 1.63. The quantitative estimate of drug-likeness (QED) is 0.851. The van der Waals surface area contributed by atoms with E-state index in [2.05, 4.69) is 33.2 Å². The smallest absolute Gasteiger partial charge is 0.106 e. The van der Waals surface area contributed by atoms with E-state index in [0.717, 1.165) is 28.9 Å². The third-order valence-electron chi connectivity index (χ3n) is 2.54. The molecule has 0 aliphatic rings. The molecule has 0 fully saturated rings. The van der Waals surface area contributed by atoms with Gasteiger partial charge in [0.15, 0.2) is 0 Å². The molecule has 2 aromatic rings. The van der Waals surface area contributed by atoms with Crippen molar-refractivity contribution in [1.29, 1.82) is 0 Å². The lowest BCUT2D eigenvalue weighted by Gasteiger charge is -2.14. The topological polar surface area (TPSA) is 38.1 Å². The van der Waals surface area contributed by atoms with Gasteiger partial charge in [0.2, 0.25) is 0 Å². The zero-order valence-corrected chi connectivity index (χ0v) is 11.3. The van der Waals surface area contributed by atoms with Crippen molar-refractivity contribution < 1.29 is 4.42 Å². The van der Waals surface area contributed by atoms with Crippen molar-refractivity contribution in [2.24, 2.45) is 0 Å². The van der Waals surface area contributed by atoms with Crippen LogP contribution in [0.3, 0.4) is 0 Å². The van der Waals surface area contributed by atoms with Gasteiger partial charge in [0, 0.05) is 12.5 Å². The van der Waals surface area contributed by atoms with Crippen LogP contribution in [0.4, 0.5) is 5.69 Å². The van der Waals surface area contributed by atoms with Gasteiger partial charge in [0.1, 0.15) is 10.4 Å². The Balaban J connectivity index is 1.80. The summed E-state index contributed by atoms with van der Waals surface area (Å²) in [5, 5.41) is 3.41. The highest BCUT2D eigenvalue weighted by Gasteiger charge is 2.04. The monoisotopic (exact) mass is 294 g/mol. The van der Waals surface area contributed by atoms with Gasteiger partial charge in [-0.25, -0.2) is 4.98 Å². The molecule has 0 aliphatic carbocycles. The van der Waals surface area contributed by atoms with E-state index in [4.69, 9.17) is 4.42 Å². The number of nitrogens with zero attached hydrogens (tertiary/aromatic N) is 1. The predicted molar refractivity (Wildman–Crippen MR) is 72.1 cm³/mol. The lowest BCUT2D eigenvalue weighted by Crippen LogP contribution is -2.15. The molecule has 17 heavy (non-hydrogen) atoms. The van der Waals surface area contributed by atoms with Crippen LogP contribution in [0.25, 0.3) is 0 Å². The number of furan rings is 1. The summed E-state index contributed by atoms with van der Waals surface area (Å²) >= 11 is 3.32. The van der Waals surface area contributed by atoms with E-state index < -0.39 is 0 Å². The van der Waals surface area contributed by atoms with Crippen LogP contribution in [0, 0.1) is 0 Å². The van der Waals surface area contributed by atoms with Crippen LogP contribution in [0.2, 0.25) is 0 Å². The SMILES string of the molecule is CC(CCc1ccco1)Nc1ccc(Br)nc1. The first kappa shape index (κ1) is 12.2. The van der Waals surface area contributed by atoms with Crippen LogP contribution >= 0.6 is 15.9 Å². The maximum atomic E-state index is 5.30. The first-order valence-corrected chi connectivity index (χ1v) is 6.44. The van der Waals surface area contributed by atoms with Gasteiger partial charge in [0.05, 0.1) is 18.1 Å². The molecule has 4 heteroatoms. The molecule has 0 saturated carbocycles. The Bertz CT molecular complexity index is 439. The second-order valence-electron chi connectivity index (χ2n) is 4.03. The molecule has 0 saturated heterocycles. The fraction of sp³-hybridized carbons (Fsp3) is 0.308. The molecule has 2 aromatic heterocycles. The van der Waals surface area contributed by atoms with E-state index in [1.807, 2.05) is 30.5 Å². The van der Waals surface area contributed by atoms with Crippen molar-refractivity contribution >= 4 is 21.6 Å². The van der Waals surface area contributed by atoms with Crippen molar-refractivity contribution in [1.82, 2.24) is 4.98 Å². The van der Waals surface area contributed by atoms with Crippen molar-refractivity contribution in [3.05, 3.63) is 47.1 Å². The highest BCUT2D eigenvalue weighted by molar-refractivity contribution is 9.10. The molecule has 1 unspecified atom stereocenters. The van der Waals surface area contributed by atoms with E-state index in [1.165, 1.54) is 0 Å². The molecule has 90 valence electrons. The van der Waals surface area contributed by atoms with E-state index in [0.29, 0.717) is 6.04 Å². The third kappa shape index (κ3) is 3.89. The normalized spacial score (nSPS) is 12.4. The summed E-state index contributed by atoms with van der Waals surface area (Å²) in [5.41, 5.74) is 1.04. The number of aromatic nitrogens is 1. The molecule has 0 amide bonds. The van der Waals surface area contributed by atoms with Gasteiger partial charge in [-0.3, -0.25) is 0 Å². The van der Waals surface area contributed by atoms with Gasteiger partial charge >= 0.3 is 0 Å². The van der Waals surface area contributed by atoms with Crippen molar-refractivity contribution in [2.45, 2.75) is 25.8 Å². The highest BCUT2D eigenvalue weighted by Crippen LogP contribution is 2.13. The van der Waals surface area contributed by atoms with E-state index >= 15 is 0 Å². The number of nitrogens with one attached hydrogen (secondary N) is 1. The van der Waals surface area contributed by atoms with Gasteiger partial charge in [-0.05, 0) is 53.5 Å². The fourth-order valence-corrected chi connectivity index (χ4v) is 1.87. The van der Waals surface area contributed by atoms with Crippen molar-refractivity contribution in [3.63, 3.8) is 0 Å². The molecular weight excluding hydrogens is 280 g/mol. The average Bonchev–Trinajstić information content (AvgIpc) is 2.83. The molecule has 0 spiro atoms. The van der Waals surface area contributed by atoms with E-state index in [1.54, 1.807) is 6.26 Å². The lowest BCUT2D eigenvalue weighted by atomic mass is 10.1. The Morgan fingerprint density at radius 2 is 2.29 bits per heavy atom. The molecule has 1 N–H and O–H groups in total. The zero-order chi connectivity index (χ0) is 12.1. The molecule has 0 bridgehead atoms. The Hall–Kier alpha value is -1.29. The summed E-state index contributed by atoms with van der Waals surface area (Å²) in [6.07, 6.45) is 5.52. The van der Waals surface area contributed by atoms with Crippen molar-refractivity contribution in [3.8, 4) is 0 Å². The summed E-state index contributed by atoms with van der Waals surface area (Å²) in [4.78, 5) is 4.18. The summed E-state index contributed by atoms with van der Waals surface area (Å²) in [6, 6.07) is 8.27. The zero-order valence-electron chi connectivity index (χ0n) is 9.69. The Morgan fingerprint density at radius 3 is 2.94 bits per heavy atom. The minimum absolute atomic E-state index is 0.392. The number of hydrogen-bond acceptors (Lipinski definition) is 3. The van der Waals surface area contributed by atoms with Crippen LogP contribution in [0.5, 0.6) is 0 Å². The summed E-state index contributed by atoms with van der Waals surface area (Å²) < 4.78 is 6.16. The number of halogens is 1. The van der Waals surface area contributed by atoms with Gasteiger partial charge in [0.25, 0.3) is 0 Å². The largest absolute Gasteiger partial charge is 0.469 e. The minimum atomic E-state index is 0.392. The van der Waals surface area contributed by atoms with Gasteiger partial charge < -0.3 is 9.73 Å². The first-order valence-electron chi connectivity index (χ1n) is 5.64. The van der Waals surface area contributed by atoms with Crippen molar-refractivity contribution in [2.75, 3.05) is 5.32 Å². The summed E-state index contributed by atoms with van der Waals surface area (Å²) in [6.45, 7) is 2.16. The lowest BCUT2D eigenvalue weighted by molar-refractivity contribution is 0.495. The van der Waals surface area contributed by atoms with Crippen LogP contribution in [-0.2, 0) is 6.42 Å². The number of anilines is 1. The maximum Gasteiger partial charge on any atom is 0.106 e. The minimum Gasteiger partial charge on any atom is -0.469 e. The second-order valence-corrected chi connectivity index (χ2v) is 4.85. The summed E-state index contributed by atoms with van der Waals surface area (Å²) in [5.74, 6) is 1.03. The third-order valence-corrected chi connectivity index (χ3v) is 3.01. The van der Waals surface area contributed by atoms with Gasteiger partial charge in [-0.1, -0.05) is 0 Å². The van der Waals surface area contributed by atoms with Gasteiger partial charge in [-0.15, -0.1) is 0 Å². The number of aryl methyl sites for hydroxylation is 1. The average molecular weight is 295 g/mol. The van der Waals surface area contributed by atoms with E-state index in [-0.39, 0.29) is 0 Å². The molecule has 0 aliphatic heterocycles. The van der Waals surface area contributed by atoms with Crippen LogP contribution in [-0.4, -0.2) is 11.0 Å². The molecule has 1 atom stereocenters. The molecule has 0 radical (unpaired) electrons. The Kier molecular flexibility index (Phi) is 4.20. The number of hydrogen-bond donors (Lipinski definition) is 1. The highest BCUT2D eigenvalue weighted by atomic mass is 79.9. The molecule has 0 aromatic carbocycles. The summed E-state index contributed by atoms with van der Waals surface area (Å²) in [7, 11) is 0. The number of rotatable bonds is 5. The Labute approximate surface area is 109 Å². The van der Waals surface area contributed by atoms with Crippen LogP contribution in [0.15, 0.2) is 45.7 Å². The van der Waals surface area contributed by atoms with E-state index in [9.17, 15) is 0 Å². The molecule has 3 nitrogen and oxygen atoms in total. The second kappa shape index (κ2) is 5.87. The standard InChI is InChI=1S/C13H15BrN2O/c1-10(4-6-12-3-2-8-17-12)16-11-5-7-13(14)15-9-11/h2-3,5,7-10,16H,4,6H2,1H3.